The van der Waals surface area contributed by atoms with E-state index in [2.05, 4.69) is 38.8 Å². The minimum atomic E-state index is -0.309. The van der Waals surface area contributed by atoms with Crippen LogP contribution in [0.5, 0.6) is 0 Å². The molecule has 0 radical (unpaired) electrons. The fourth-order valence-electron chi connectivity index (χ4n) is 4.04. The minimum Gasteiger partial charge on any atom is -0.475 e. The molecule has 0 N–H and O–H groups in total. The second kappa shape index (κ2) is 9.94. The van der Waals surface area contributed by atoms with Crippen molar-refractivity contribution in [3.8, 4) is 5.69 Å². The number of hydrogen-bond donors (Lipinski definition) is 0. The zero-order valence-corrected chi connectivity index (χ0v) is 19.7. The number of aromatic nitrogens is 4. The average Bonchev–Trinajstić information content (AvgIpc) is 3.17. The van der Waals surface area contributed by atoms with E-state index >= 15 is 0 Å². The number of rotatable bonds is 6. The Morgan fingerprint density at radius 2 is 1.88 bits per heavy atom. The predicted octanol–water partition coefficient (Wildman–Crippen LogP) is 3.90. The third-order valence-electron chi connectivity index (χ3n) is 6.10. The van der Waals surface area contributed by atoms with E-state index in [1.54, 1.807) is 7.05 Å². The molecule has 0 saturated carbocycles. The molecule has 8 nitrogen and oxygen atoms in total. The first-order valence-electron chi connectivity index (χ1n) is 11.4. The summed E-state index contributed by atoms with van der Waals surface area (Å²) in [5, 5.41) is 16.6. The first kappa shape index (κ1) is 22.6. The summed E-state index contributed by atoms with van der Waals surface area (Å²) in [5.41, 5.74) is 7.03. The van der Waals surface area contributed by atoms with E-state index in [0.29, 0.717) is 18.0 Å². The van der Waals surface area contributed by atoms with Crippen LogP contribution in [0.25, 0.3) is 5.69 Å². The Morgan fingerprint density at radius 1 is 1.09 bits per heavy atom. The molecule has 0 aliphatic heterocycles. The lowest BCUT2D eigenvalue weighted by atomic mass is 9.90. The molecule has 0 amide bonds. The third kappa shape index (κ3) is 4.94. The molecule has 0 spiro atoms. The zero-order chi connectivity index (χ0) is 23.4. The van der Waals surface area contributed by atoms with Crippen molar-refractivity contribution in [2.24, 2.45) is 17.3 Å². The normalized spacial score (nSPS) is 14.3. The number of aryl methyl sites for hydroxylation is 4. The zero-order valence-electron chi connectivity index (χ0n) is 19.7. The molecule has 1 aromatic heterocycles. The average molecular weight is 447 g/mol. The number of ether oxygens (including phenoxy) is 1. The highest BCUT2D eigenvalue weighted by molar-refractivity contribution is 5.99. The monoisotopic (exact) mass is 446 g/mol. The first-order valence-corrected chi connectivity index (χ1v) is 11.4. The quantitative estimate of drug-likeness (QED) is 0.326. The Balaban J connectivity index is 1.53. The van der Waals surface area contributed by atoms with E-state index in [1.807, 2.05) is 39.0 Å². The number of fused-ring (bicyclic) bond motifs is 1. The molecule has 2 aromatic carbocycles. The molecule has 8 heteroatoms. The number of tetrazole rings is 1. The van der Waals surface area contributed by atoms with E-state index in [4.69, 9.17) is 4.74 Å². The summed E-state index contributed by atoms with van der Waals surface area (Å²) < 4.78 is 8.50. The van der Waals surface area contributed by atoms with E-state index in [1.165, 1.54) is 39.8 Å². The molecule has 3 aromatic rings. The topological polar surface area (TPSA) is 86.7 Å². The fourth-order valence-corrected chi connectivity index (χ4v) is 4.04. The van der Waals surface area contributed by atoms with Gasteiger partial charge in [-0.15, -0.1) is 5.10 Å². The smallest absolute Gasteiger partial charge is 0.368 e. The van der Waals surface area contributed by atoms with Crippen molar-refractivity contribution < 1.29 is 4.74 Å². The molecule has 0 unspecified atom stereocenters. The first-order chi connectivity index (χ1) is 16.0. The van der Waals surface area contributed by atoms with Gasteiger partial charge in [0, 0.05) is 19.0 Å². The highest BCUT2D eigenvalue weighted by atomic mass is 16.5. The van der Waals surface area contributed by atoms with Crippen LogP contribution >= 0.6 is 0 Å². The van der Waals surface area contributed by atoms with Crippen molar-refractivity contribution in [2.45, 2.75) is 59.5 Å². The van der Waals surface area contributed by atoms with Gasteiger partial charge in [-0.2, -0.15) is 14.5 Å². The Morgan fingerprint density at radius 3 is 2.61 bits per heavy atom. The summed E-state index contributed by atoms with van der Waals surface area (Å²) in [6, 6.07) is 12.3. The molecule has 172 valence electrons. The van der Waals surface area contributed by atoms with Gasteiger partial charge in [-0.1, -0.05) is 31.2 Å². The lowest BCUT2D eigenvalue weighted by molar-refractivity contribution is 0.282. The van der Waals surface area contributed by atoms with E-state index in [-0.39, 0.29) is 12.3 Å². The maximum atomic E-state index is 12.3. The Bertz CT molecular complexity index is 1270. The van der Waals surface area contributed by atoms with Gasteiger partial charge >= 0.3 is 5.69 Å². The summed E-state index contributed by atoms with van der Waals surface area (Å²) in [6.07, 6.45) is 5.43. The summed E-state index contributed by atoms with van der Waals surface area (Å²) in [6.45, 7) is 6.19. The molecular weight excluding hydrogens is 416 g/mol. The molecule has 0 atom stereocenters. The highest BCUT2D eigenvalue weighted by Crippen LogP contribution is 2.23. The van der Waals surface area contributed by atoms with Gasteiger partial charge in [0.1, 0.15) is 6.61 Å². The van der Waals surface area contributed by atoms with Gasteiger partial charge in [0.05, 0.1) is 11.4 Å². The number of benzene rings is 2. The lowest BCUT2D eigenvalue weighted by Crippen LogP contribution is -2.23. The largest absolute Gasteiger partial charge is 0.475 e. The van der Waals surface area contributed by atoms with Crippen molar-refractivity contribution in [1.82, 2.24) is 19.8 Å². The summed E-state index contributed by atoms with van der Waals surface area (Å²) in [7, 11) is 1.57. The molecule has 1 aliphatic rings. The Kier molecular flexibility index (Phi) is 6.82. The van der Waals surface area contributed by atoms with Crippen LogP contribution in [-0.2, 0) is 31.2 Å². The van der Waals surface area contributed by atoms with Crippen LogP contribution in [-0.4, -0.2) is 31.4 Å². The van der Waals surface area contributed by atoms with Crippen LogP contribution in [0, 0.1) is 6.92 Å². The van der Waals surface area contributed by atoms with Crippen molar-refractivity contribution >= 4 is 11.6 Å². The fraction of sp³-hybridized carbons (Fsp3) is 0.400. The Hall–Kier alpha value is -3.55. The van der Waals surface area contributed by atoms with Gasteiger partial charge in [0.15, 0.2) is 0 Å². The molecule has 1 aliphatic carbocycles. The second-order valence-electron chi connectivity index (χ2n) is 8.38. The van der Waals surface area contributed by atoms with E-state index < -0.39 is 0 Å². The van der Waals surface area contributed by atoms with Crippen molar-refractivity contribution in [3.05, 3.63) is 74.7 Å². The molecule has 0 bridgehead atoms. The standard InChI is InChI=1S/C25H30N6O2/c1-5-24(27-26-18(3)20-14-13-19-10-6-7-11-21(19)15-20)33-16-22-17(2)9-8-12-23(22)31-25(32)30(4)28-29-31/h8-9,12-15H,5-7,10-11,16H2,1-4H3/b26-18+,27-24-. The summed E-state index contributed by atoms with van der Waals surface area (Å²) in [5.74, 6) is 0.535. The van der Waals surface area contributed by atoms with Crippen LogP contribution in [0.4, 0.5) is 0 Å². The molecule has 33 heavy (non-hydrogen) atoms. The van der Waals surface area contributed by atoms with E-state index in [9.17, 15) is 4.79 Å². The summed E-state index contributed by atoms with van der Waals surface area (Å²) in [4.78, 5) is 12.3. The van der Waals surface area contributed by atoms with Crippen LogP contribution < -0.4 is 5.69 Å². The van der Waals surface area contributed by atoms with Crippen LogP contribution in [0.15, 0.2) is 51.4 Å². The Labute approximate surface area is 193 Å². The molecular formula is C25H30N6O2. The summed E-state index contributed by atoms with van der Waals surface area (Å²) >= 11 is 0. The molecule has 0 fully saturated rings. The van der Waals surface area contributed by atoms with Crippen molar-refractivity contribution in [1.29, 1.82) is 0 Å². The second-order valence-corrected chi connectivity index (χ2v) is 8.38. The van der Waals surface area contributed by atoms with Crippen molar-refractivity contribution in [3.63, 3.8) is 0 Å². The van der Waals surface area contributed by atoms with Gasteiger partial charge in [-0.05, 0) is 84.3 Å². The highest BCUT2D eigenvalue weighted by Gasteiger charge is 2.14. The lowest BCUT2D eigenvalue weighted by Gasteiger charge is -2.16. The van der Waals surface area contributed by atoms with Gasteiger partial charge in [-0.3, -0.25) is 0 Å². The third-order valence-corrected chi connectivity index (χ3v) is 6.10. The van der Waals surface area contributed by atoms with Crippen LogP contribution in [0.2, 0.25) is 0 Å². The number of hydrogen-bond acceptors (Lipinski definition) is 6. The van der Waals surface area contributed by atoms with Crippen LogP contribution in [0.1, 0.15) is 60.9 Å². The van der Waals surface area contributed by atoms with E-state index in [0.717, 1.165) is 28.8 Å². The van der Waals surface area contributed by atoms with Crippen LogP contribution in [0.3, 0.4) is 0 Å². The maximum Gasteiger partial charge on any atom is 0.368 e. The van der Waals surface area contributed by atoms with Gasteiger partial charge < -0.3 is 4.74 Å². The molecule has 0 saturated heterocycles. The van der Waals surface area contributed by atoms with Gasteiger partial charge in [0.25, 0.3) is 0 Å². The minimum absolute atomic E-state index is 0.255. The van der Waals surface area contributed by atoms with Gasteiger partial charge in [0.2, 0.25) is 5.90 Å². The molecule has 1 heterocycles. The maximum absolute atomic E-state index is 12.3. The predicted molar refractivity (Wildman–Crippen MR) is 129 cm³/mol. The van der Waals surface area contributed by atoms with Gasteiger partial charge in [-0.25, -0.2) is 4.79 Å². The van der Waals surface area contributed by atoms with Crippen molar-refractivity contribution in [2.75, 3.05) is 0 Å². The number of nitrogens with zero attached hydrogens (tertiary/aromatic N) is 6. The SMILES string of the molecule is CC/C(=N/N=C(\C)c1ccc2c(c1)CCCC2)OCc1c(C)cccc1-n1nnn(C)c1=O. The molecule has 4 rings (SSSR count).